The Morgan fingerprint density at radius 1 is 1.25 bits per heavy atom. The van der Waals surface area contributed by atoms with Crippen LogP contribution in [-0.2, 0) is 5.54 Å². The summed E-state index contributed by atoms with van der Waals surface area (Å²) in [5.74, 6) is 0.765. The molecule has 1 unspecified atom stereocenters. The van der Waals surface area contributed by atoms with Gasteiger partial charge in [0.25, 0.3) is 0 Å². The number of aromatic nitrogens is 1. The predicted octanol–water partition coefficient (Wildman–Crippen LogP) is 2.64. The molecule has 5 N–H and O–H groups in total. The molecule has 2 aromatic rings. The molecule has 4 heteroatoms. The molecule has 1 aromatic carbocycles. The lowest BCUT2D eigenvalue weighted by Gasteiger charge is -2.29. The van der Waals surface area contributed by atoms with Crippen molar-refractivity contribution in [1.29, 1.82) is 0 Å². The molecular formula is C16H22N4. The van der Waals surface area contributed by atoms with Crippen molar-refractivity contribution < 1.29 is 0 Å². The number of rotatable bonds is 3. The molecule has 0 aliphatic carbocycles. The predicted molar refractivity (Wildman–Crippen MR) is 83.7 cm³/mol. The number of nitrogens with zero attached hydrogens (tertiary/aromatic N) is 1. The van der Waals surface area contributed by atoms with E-state index >= 15 is 0 Å². The average Bonchev–Trinajstić information content (AvgIpc) is 2.79. The van der Waals surface area contributed by atoms with Crippen LogP contribution in [0.25, 0.3) is 10.9 Å². The zero-order valence-corrected chi connectivity index (χ0v) is 11.7. The summed E-state index contributed by atoms with van der Waals surface area (Å²) in [6.45, 7) is 0.621. The smallest absolute Gasteiger partial charge is 0.0948 e. The summed E-state index contributed by atoms with van der Waals surface area (Å²) < 4.78 is 0. The van der Waals surface area contributed by atoms with Gasteiger partial charge in [0.15, 0.2) is 0 Å². The van der Waals surface area contributed by atoms with Gasteiger partial charge in [-0.2, -0.15) is 0 Å². The normalized spacial score (nSPS) is 23.6. The Bertz CT molecular complexity index is 628. The van der Waals surface area contributed by atoms with Gasteiger partial charge in [0, 0.05) is 29.1 Å². The van der Waals surface area contributed by atoms with Crippen LogP contribution in [0.5, 0.6) is 0 Å². The molecule has 0 fully saturated rings. The highest BCUT2D eigenvalue weighted by Gasteiger charge is 2.34. The first-order chi connectivity index (χ1) is 9.75. The summed E-state index contributed by atoms with van der Waals surface area (Å²) in [5, 5.41) is 1.24. The molecule has 0 saturated heterocycles. The van der Waals surface area contributed by atoms with Gasteiger partial charge in [-0.15, -0.1) is 0 Å². The lowest BCUT2D eigenvalue weighted by Crippen LogP contribution is -2.29. The molecule has 0 spiro atoms. The van der Waals surface area contributed by atoms with E-state index in [2.05, 4.69) is 29.4 Å². The van der Waals surface area contributed by atoms with Crippen LogP contribution in [0.3, 0.4) is 0 Å². The van der Waals surface area contributed by atoms with Crippen molar-refractivity contribution in [2.75, 3.05) is 6.54 Å². The lowest BCUT2D eigenvalue weighted by molar-refractivity contribution is 0.383. The summed E-state index contributed by atoms with van der Waals surface area (Å²) in [5.41, 5.74) is 14.1. The topological polar surface area (TPSA) is 80.2 Å². The van der Waals surface area contributed by atoms with Crippen LogP contribution in [0.2, 0.25) is 0 Å². The maximum atomic E-state index is 6.09. The lowest BCUT2D eigenvalue weighted by atomic mass is 9.83. The Morgan fingerprint density at radius 3 is 2.95 bits per heavy atom. The summed E-state index contributed by atoms with van der Waals surface area (Å²) >= 11 is 0. The highest BCUT2D eigenvalue weighted by molar-refractivity contribution is 5.86. The molecular weight excluding hydrogens is 248 g/mol. The van der Waals surface area contributed by atoms with E-state index in [0.717, 1.165) is 43.5 Å². The fraction of sp³-hybridized carbons (Fsp3) is 0.438. The molecule has 20 heavy (non-hydrogen) atoms. The van der Waals surface area contributed by atoms with Gasteiger partial charge in [0.2, 0.25) is 0 Å². The van der Waals surface area contributed by atoms with E-state index < -0.39 is 0 Å². The Morgan fingerprint density at radius 2 is 2.10 bits per heavy atom. The molecule has 106 valence electrons. The van der Waals surface area contributed by atoms with Crippen LogP contribution in [0.4, 0.5) is 0 Å². The Labute approximate surface area is 119 Å². The number of amidine groups is 1. The number of benzene rings is 1. The van der Waals surface area contributed by atoms with Gasteiger partial charge in [-0.3, -0.25) is 4.99 Å². The van der Waals surface area contributed by atoms with Crippen molar-refractivity contribution in [2.24, 2.45) is 16.5 Å². The molecule has 2 heterocycles. The van der Waals surface area contributed by atoms with Crippen molar-refractivity contribution in [1.82, 2.24) is 4.98 Å². The van der Waals surface area contributed by atoms with Gasteiger partial charge in [-0.25, -0.2) is 0 Å². The summed E-state index contributed by atoms with van der Waals surface area (Å²) in [4.78, 5) is 8.24. The second-order valence-corrected chi connectivity index (χ2v) is 5.63. The first-order valence-electron chi connectivity index (χ1n) is 7.36. The number of fused-ring (bicyclic) bond motifs is 1. The number of nitrogens with one attached hydrogen (secondary N) is 1. The first kappa shape index (κ1) is 13.2. The average molecular weight is 270 g/mol. The molecule has 0 bridgehead atoms. The number of para-hydroxylation sites is 1. The summed E-state index contributed by atoms with van der Waals surface area (Å²) in [7, 11) is 0. The number of hydrogen-bond donors (Lipinski definition) is 3. The van der Waals surface area contributed by atoms with E-state index in [9.17, 15) is 0 Å². The zero-order chi connectivity index (χ0) is 14.0. The van der Waals surface area contributed by atoms with E-state index in [1.54, 1.807) is 0 Å². The minimum Gasteiger partial charge on any atom is -0.387 e. The van der Waals surface area contributed by atoms with E-state index in [1.165, 1.54) is 10.9 Å². The molecule has 1 aliphatic rings. The monoisotopic (exact) mass is 270 g/mol. The van der Waals surface area contributed by atoms with E-state index in [-0.39, 0.29) is 5.54 Å². The fourth-order valence-corrected chi connectivity index (χ4v) is 3.32. The van der Waals surface area contributed by atoms with Crippen LogP contribution < -0.4 is 11.5 Å². The molecule has 1 aliphatic heterocycles. The molecule has 1 aromatic heterocycles. The molecule has 1 atom stereocenters. The second-order valence-electron chi connectivity index (χ2n) is 5.63. The van der Waals surface area contributed by atoms with E-state index in [4.69, 9.17) is 16.5 Å². The zero-order valence-electron chi connectivity index (χ0n) is 11.7. The summed E-state index contributed by atoms with van der Waals surface area (Å²) in [6.07, 6.45) is 7.10. The quantitative estimate of drug-likeness (QED) is 0.801. The van der Waals surface area contributed by atoms with Crippen molar-refractivity contribution in [3.8, 4) is 0 Å². The van der Waals surface area contributed by atoms with Crippen LogP contribution in [-0.4, -0.2) is 17.4 Å². The maximum absolute atomic E-state index is 6.09. The minimum atomic E-state index is -0.255. The van der Waals surface area contributed by atoms with E-state index in [0.29, 0.717) is 6.54 Å². The summed E-state index contributed by atoms with van der Waals surface area (Å²) in [6, 6.07) is 8.36. The Kier molecular flexibility index (Phi) is 3.49. The molecule has 0 saturated carbocycles. The SMILES string of the molecule is NCCC1(c2c[nH]c3ccccc23)CCCCC(N)=N1. The van der Waals surface area contributed by atoms with Crippen molar-refractivity contribution in [3.05, 3.63) is 36.0 Å². The van der Waals surface area contributed by atoms with Crippen molar-refractivity contribution in [2.45, 2.75) is 37.6 Å². The Balaban J connectivity index is 2.16. The van der Waals surface area contributed by atoms with Gasteiger partial charge in [0.1, 0.15) is 0 Å². The number of hydrogen-bond acceptors (Lipinski definition) is 3. The molecule has 3 rings (SSSR count). The number of nitrogens with two attached hydrogens (primary N) is 2. The highest BCUT2D eigenvalue weighted by atomic mass is 15.0. The number of aromatic amines is 1. The van der Waals surface area contributed by atoms with Crippen LogP contribution in [0.1, 0.15) is 37.7 Å². The van der Waals surface area contributed by atoms with Gasteiger partial charge < -0.3 is 16.5 Å². The first-order valence-corrected chi connectivity index (χ1v) is 7.36. The maximum Gasteiger partial charge on any atom is 0.0948 e. The van der Waals surface area contributed by atoms with Crippen molar-refractivity contribution >= 4 is 16.7 Å². The van der Waals surface area contributed by atoms with Gasteiger partial charge in [-0.05, 0) is 31.9 Å². The molecule has 0 radical (unpaired) electrons. The third kappa shape index (κ3) is 2.20. The standard InChI is InChI=1S/C16H22N4/c17-10-9-16(8-4-3-7-15(18)20-16)13-11-19-14-6-2-1-5-12(13)14/h1-2,5-6,11,19H,3-4,7-10,17H2,(H2,18,20). The second kappa shape index (κ2) is 5.29. The van der Waals surface area contributed by atoms with Gasteiger partial charge >= 0.3 is 0 Å². The molecule has 4 nitrogen and oxygen atoms in total. The molecule has 0 amide bonds. The number of H-pyrrole nitrogens is 1. The third-order valence-electron chi connectivity index (χ3n) is 4.28. The van der Waals surface area contributed by atoms with Gasteiger partial charge in [-0.1, -0.05) is 24.6 Å². The van der Waals surface area contributed by atoms with Crippen molar-refractivity contribution in [3.63, 3.8) is 0 Å². The fourth-order valence-electron chi connectivity index (χ4n) is 3.32. The largest absolute Gasteiger partial charge is 0.387 e. The van der Waals surface area contributed by atoms with Crippen LogP contribution in [0.15, 0.2) is 35.5 Å². The highest BCUT2D eigenvalue weighted by Crippen LogP contribution is 2.40. The Hall–Kier alpha value is -1.81. The van der Waals surface area contributed by atoms with Gasteiger partial charge in [0.05, 0.1) is 11.4 Å². The number of aliphatic imine (C=N–C) groups is 1. The van der Waals surface area contributed by atoms with E-state index in [1.807, 2.05) is 6.07 Å². The third-order valence-corrected chi connectivity index (χ3v) is 4.28. The van der Waals surface area contributed by atoms with Crippen LogP contribution >= 0.6 is 0 Å². The van der Waals surface area contributed by atoms with Crippen LogP contribution in [0, 0.1) is 0 Å². The minimum absolute atomic E-state index is 0.255.